The van der Waals surface area contributed by atoms with Crippen molar-refractivity contribution in [2.75, 3.05) is 0 Å². The molecule has 0 fully saturated rings. The van der Waals surface area contributed by atoms with Crippen molar-refractivity contribution in [3.05, 3.63) is 34.4 Å². The van der Waals surface area contributed by atoms with E-state index in [-0.39, 0.29) is 5.69 Å². The van der Waals surface area contributed by atoms with Crippen molar-refractivity contribution < 1.29 is 9.35 Å². The molecule has 0 unspecified atom stereocenters. The van der Waals surface area contributed by atoms with Gasteiger partial charge in [-0.15, -0.1) is 0 Å². The van der Waals surface area contributed by atoms with E-state index in [4.69, 9.17) is 9.69 Å². The fourth-order valence-electron chi connectivity index (χ4n) is 1.60. The molecule has 6 heteroatoms. The zero-order chi connectivity index (χ0) is 13.6. The van der Waals surface area contributed by atoms with Gasteiger partial charge in [-0.3, -0.25) is 10.1 Å². The molecule has 0 spiro atoms. The van der Waals surface area contributed by atoms with Gasteiger partial charge < -0.3 is 4.43 Å². The van der Waals surface area contributed by atoms with Crippen LogP contribution in [0.15, 0.2) is 24.3 Å². The first-order chi connectivity index (χ1) is 8.44. The molecular formula is C12H16N2O3Si. The van der Waals surface area contributed by atoms with Gasteiger partial charge in [-0.2, -0.15) is 5.26 Å². The fourth-order valence-corrected chi connectivity index (χ4v) is 3.50. The van der Waals surface area contributed by atoms with Crippen molar-refractivity contribution in [2.45, 2.75) is 32.0 Å². The molecule has 96 valence electrons. The molecule has 5 nitrogen and oxygen atoms in total. The molecule has 1 aromatic carbocycles. The summed E-state index contributed by atoms with van der Waals surface area (Å²) in [6.45, 7) is 4.15. The summed E-state index contributed by atoms with van der Waals surface area (Å²) in [6, 6.07) is 9.14. The summed E-state index contributed by atoms with van der Waals surface area (Å²) in [5, 5.41) is 19.0. The quantitative estimate of drug-likeness (QED) is 0.341. The summed E-state index contributed by atoms with van der Waals surface area (Å²) in [4.78, 5) is 10.1. The Bertz CT molecular complexity index is 451. The summed E-state index contributed by atoms with van der Waals surface area (Å²) >= 11 is 0. The molecule has 0 aliphatic carbocycles. The molecule has 0 amide bonds. The predicted molar refractivity (Wildman–Crippen MR) is 70.9 cm³/mol. The third-order valence-corrected chi connectivity index (χ3v) is 4.86. The van der Waals surface area contributed by atoms with Crippen molar-refractivity contribution in [3.8, 4) is 11.8 Å². The second-order valence-electron chi connectivity index (χ2n) is 4.62. The van der Waals surface area contributed by atoms with Gasteiger partial charge in [-0.1, -0.05) is 0 Å². The van der Waals surface area contributed by atoms with E-state index < -0.39 is 13.2 Å². The minimum absolute atomic E-state index is 0.0614. The lowest BCUT2D eigenvalue weighted by Crippen LogP contribution is -2.33. The lowest BCUT2D eigenvalue weighted by atomic mass is 10.3. The highest BCUT2D eigenvalue weighted by Crippen LogP contribution is 2.23. The maximum Gasteiger partial charge on any atom is 0.269 e. The van der Waals surface area contributed by atoms with Crippen LogP contribution >= 0.6 is 0 Å². The second-order valence-corrected chi connectivity index (χ2v) is 8.85. The number of benzene rings is 1. The number of unbranched alkanes of at least 4 members (excludes halogenated alkanes) is 1. The molecule has 1 rings (SSSR count). The number of non-ortho nitro benzene ring substituents is 1. The zero-order valence-electron chi connectivity index (χ0n) is 10.5. The average Bonchev–Trinajstić information content (AvgIpc) is 2.29. The van der Waals surface area contributed by atoms with Crippen molar-refractivity contribution in [3.63, 3.8) is 0 Å². The van der Waals surface area contributed by atoms with Gasteiger partial charge in [0.25, 0.3) is 5.69 Å². The summed E-state index contributed by atoms with van der Waals surface area (Å²) in [7, 11) is -1.85. The first-order valence-electron chi connectivity index (χ1n) is 5.75. The highest BCUT2D eigenvalue weighted by Gasteiger charge is 2.23. The highest BCUT2D eigenvalue weighted by atomic mass is 28.4. The van der Waals surface area contributed by atoms with E-state index in [9.17, 15) is 10.1 Å². The maximum absolute atomic E-state index is 10.5. The van der Waals surface area contributed by atoms with Crippen LogP contribution in [-0.4, -0.2) is 13.2 Å². The first-order valence-corrected chi connectivity index (χ1v) is 8.86. The molecule has 0 heterocycles. The van der Waals surface area contributed by atoms with Crippen molar-refractivity contribution in [1.82, 2.24) is 0 Å². The minimum Gasteiger partial charge on any atom is -0.544 e. The Balaban J connectivity index is 2.60. The summed E-state index contributed by atoms with van der Waals surface area (Å²) in [5.74, 6) is 0.661. The van der Waals surface area contributed by atoms with Crippen LogP contribution in [0.5, 0.6) is 5.75 Å². The predicted octanol–water partition coefficient (Wildman–Crippen LogP) is 3.48. The Hall–Kier alpha value is -1.87. The fraction of sp³-hybridized carbons (Fsp3) is 0.417. The Morgan fingerprint density at radius 3 is 2.50 bits per heavy atom. The summed E-state index contributed by atoms with van der Waals surface area (Å²) in [5.41, 5.74) is 0.0614. The smallest absolute Gasteiger partial charge is 0.269 e. The lowest BCUT2D eigenvalue weighted by Gasteiger charge is -2.23. The molecule has 0 radical (unpaired) electrons. The van der Waals surface area contributed by atoms with E-state index in [1.54, 1.807) is 12.1 Å². The van der Waals surface area contributed by atoms with Gasteiger partial charge in [0.05, 0.1) is 11.0 Å². The van der Waals surface area contributed by atoms with E-state index >= 15 is 0 Å². The lowest BCUT2D eigenvalue weighted by molar-refractivity contribution is -0.384. The second kappa shape index (κ2) is 6.17. The van der Waals surface area contributed by atoms with Crippen LogP contribution in [0.25, 0.3) is 0 Å². The van der Waals surface area contributed by atoms with Gasteiger partial charge in [0.1, 0.15) is 5.75 Å². The average molecular weight is 264 g/mol. The van der Waals surface area contributed by atoms with E-state index in [2.05, 4.69) is 19.2 Å². The van der Waals surface area contributed by atoms with Crippen LogP contribution in [0.2, 0.25) is 19.1 Å². The summed E-state index contributed by atoms with van der Waals surface area (Å²) in [6.07, 6.45) is 1.38. The van der Waals surface area contributed by atoms with Gasteiger partial charge in [0.2, 0.25) is 8.32 Å². The largest absolute Gasteiger partial charge is 0.544 e. The SMILES string of the molecule is C[Si](C)(CCCC#N)Oc1ccc([N+](=O)[O-])cc1. The van der Waals surface area contributed by atoms with Crippen molar-refractivity contribution in [1.29, 1.82) is 5.26 Å². The van der Waals surface area contributed by atoms with Gasteiger partial charge in [-0.05, 0) is 37.7 Å². The first kappa shape index (κ1) is 14.2. The molecule has 0 atom stereocenters. The number of hydrogen-bond donors (Lipinski definition) is 0. The van der Waals surface area contributed by atoms with Crippen LogP contribution in [0.1, 0.15) is 12.8 Å². The van der Waals surface area contributed by atoms with Crippen LogP contribution in [0.4, 0.5) is 5.69 Å². The topological polar surface area (TPSA) is 76.2 Å². The Labute approximate surface area is 107 Å². The Morgan fingerprint density at radius 1 is 1.39 bits per heavy atom. The Morgan fingerprint density at radius 2 is 2.00 bits per heavy atom. The molecule has 0 saturated heterocycles. The molecule has 1 aromatic rings. The van der Waals surface area contributed by atoms with E-state index in [0.717, 1.165) is 12.5 Å². The molecule has 0 aromatic heterocycles. The van der Waals surface area contributed by atoms with Gasteiger partial charge in [-0.25, -0.2) is 0 Å². The normalized spacial score (nSPS) is 10.7. The van der Waals surface area contributed by atoms with Crippen LogP contribution in [-0.2, 0) is 0 Å². The highest BCUT2D eigenvalue weighted by molar-refractivity contribution is 6.71. The van der Waals surface area contributed by atoms with Crippen LogP contribution < -0.4 is 4.43 Å². The molecule has 0 N–H and O–H groups in total. The molecule has 0 aliphatic rings. The van der Waals surface area contributed by atoms with E-state index in [1.807, 2.05) is 0 Å². The van der Waals surface area contributed by atoms with Crippen molar-refractivity contribution >= 4 is 14.0 Å². The molecule has 0 bridgehead atoms. The van der Waals surface area contributed by atoms with Gasteiger partial charge >= 0.3 is 0 Å². The monoisotopic (exact) mass is 264 g/mol. The van der Waals surface area contributed by atoms with Gasteiger partial charge in [0, 0.05) is 18.6 Å². The zero-order valence-corrected chi connectivity index (χ0v) is 11.5. The third-order valence-electron chi connectivity index (χ3n) is 2.51. The Kier molecular flexibility index (Phi) is 4.86. The third kappa shape index (κ3) is 4.55. The minimum atomic E-state index is -1.85. The molecule has 18 heavy (non-hydrogen) atoms. The standard InChI is InChI=1S/C12H16N2O3Si/c1-18(2,10-4-3-9-13)17-12-7-5-11(6-8-12)14(15)16/h5-8H,3-4,10H2,1-2H3. The number of rotatable bonds is 6. The number of nitro benzene ring substituents is 1. The van der Waals surface area contributed by atoms with Gasteiger partial charge in [0.15, 0.2) is 0 Å². The molecular weight excluding hydrogens is 248 g/mol. The van der Waals surface area contributed by atoms with E-state index in [0.29, 0.717) is 12.2 Å². The number of nitriles is 1. The molecule has 0 aliphatic heterocycles. The number of nitro groups is 1. The van der Waals surface area contributed by atoms with Crippen LogP contribution in [0, 0.1) is 21.4 Å². The number of nitrogens with zero attached hydrogens (tertiary/aromatic N) is 2. The van der Waals surface area contributed by atoms with Crippen molar-refractivity contribution in [2.24, 2.45) is 0 Å². The number of hydrogen-bond acceptors (Lipinski definition) is 4. The molecule has 0 saturated carbocycles. The van der Waals surface area contributed by atoms with Crippen LogP contribution in [0.3, 0.4) is 0 Å². The maximum atomic E-state index is 10.5. The van der Waals surface area contributed by atoms with E-state index in [1.165, 1.54) is 12.1 Å². The summed E-state index contributed by atoms with van der Waals surface area (Å²) < 4.78 is 5.89.